The van der Waals surface area contributed by atoms with E-state index in [0.29, 0.717) is 23.6 Å². The molecule has 9 nitrogen and oxygen atoms in total. The van der Waals surface area contributed by atoms with Crippen molar-refractivity contribution in [2.45, 2.75) is 25.4 Å². The minimum Gasteiger partial charge on any atom is -0.356 e. The number of aromatic nitrogens is 3. The minimum atomic E-state index is -0.895. The fraction of sp³-hybridized carbons (Fsp3) is 0.250. The summed E-state index contributed by atoms with van der Waals surface area (Å²) in [7, 11) is 0. The van der Waals surface area contributed by atoms with Crippen LogP contribution in [0.4, 0.5) is 4.79 Å². The maximum absolute atomic E-state index is 12.6. The Morgan fingerprint density at radius 1 is 1.13 bits per heavy atom. The first-order valence-corrected chi connectivity index (χ1v) is 9.81. The van der Waals surface area contributed by atoms with Gasteiger partial charge in [-0.2, -0.15) is 0 Å². The van der Waals surface area contributed by atoms with Gasteiger partial charge in [-0.05, 0) is 23.8 Å². The van der Waals surface area contributed by atoms with Gasteiger partial charge in [0.15, 0.2) is 5.65 Å². The highest BCUT2D eigenvalue weighted by Gasteiger charge is 2.39. The molecule has 2 aromatic heterocycles. The molecule has 2 N–H and O–H groups in total. The van der Waals surface area contributed by atoms with Crippen LogP contribution in [0.3, 0.4) is 0 Å². The summed E-state index contributed by atoms with van der Waals surface area (Å²) < 4.78 is 1.85. The quantitative estimate of drug-likeness (QED) is 0.557. The summed E-state index contributed by atoms with van der Waals surface area (Å²) in [4.78, 5) is 38.1. The molecule has 1 saturated heterocycles. The largest absolute Gasteiger partial charge is 0.356 e. The average Bonchev–Trinajstić information content (AvgIpc) is 3.26. The van der Waals surface area contributed by atoms with Gasteiger partial charge in [0, 0.05) is 24.2 Å². The van der Waals surface area contributed by atoms with E-state index in [-0.39, 0.29) is 18.9 Å². The van der Waals surface area contributed by atoms with Crippen LogP contribution in [-0.4, -0.2) is 49.9 Å². The fourth-order valence-corrected chi connectivity index (χ4v) is 3.49. The molecule has 1 aromatic carbocycles. The van der Waals surface area contributed by atoms with E-state index in [1.165, 1.54) is 0 Å². The number of hydrogen-bond donors (Lipinski definition) is 2. The van der Waals surface area contributed by atoms with Crippen LogP contribution in [0.1, 0.15) is 17.8 Å². The van der Waals surface area contributed by atoms with Crippen molar-refractivity contribution in [2.75, 3.05) is 6.54 Å². The van der Waals surface area contributed by atoms with E-state index in [0.717, 1.165) is 16.4 Å². The maximum Gasteiger partial charge on any atom is 0.325 e. The molecule has 30 heavy (non-hydrogen) atoms. The third-order valence-electron chi connectivity index (χ3n) is 4.84. The fourth-order valence-electron chi connectivity index (χ4n) is 3.29. The summed E-state index contributed by atoms with van der Waals surface area (Å²) >= 11 is 6.11. The highest BCUT2D eigenvalue weighted by atomic mass is 35.5. The lowest BCUT2D eigenvalue weighted by atomic mass is 10.1. The number of carbonyl (C=O) groups excluding carboxylic acids is 3. The second-order valence-electron chi connectivity index (χ2n) is 6.87. The Kier molecular flexibility index (Phi) is 5.62. The molecule has 0 saturated carbocycles. The SMILES string of the molecule is O=C(CC1NC(=O)N(Cc2ccccc2Cl)C1=O)NCCc1nnc2ccccn12. The number of halogens is 1. The van der Waals surface area contributed by atoms with E-state index in [1.807, 2.05) is 28.8 Å². The standard InChI is InChI=1S/C20H19ClN6O3/c21-14-6-2-1-5-13(14)12-27-19(29)15(23-20(27)30)11-18(28)22-9-8-17-25-24-16-7-3-4-10-26(16)17/h1-7,10,15H,8-9,11-12H2,(H,22,28)(H,23,30). The predicted molar refractivity (Wildman–Crippen MR) is 109 cm³/mol. The molecule has 0 spiro atoms. The molecule has 3 aromatic rings. The molecular weight excluding hydrogens is 408 g/mol. The van der Waals surface area contributed by atoms with E-state index in [9.17, 15) is 14.4 Å². The topological polar surface area (TPSA) is 109 Å². The predicted octanol–water partition coefficient (Wildman–Crippen LogP) is 1.55. The van der Waals surface area contributed by atoms with E-state index in [4.69, 9.17) is 11.6 Å². The molecule has 0 bridgehead atoms. The number of rotatable bonds is 7. The lowest BCUT2D eigenvalue weighted by molar-refractivity contribution is -0.131. The number of amides is 4. The number of urea groups is 1. The summed E-state index contributed by atoms with van der Waals surface area (Å²) in [5, 5.41) is 14.0. The molecule has 4 rings (SSSR count). The van der Waals surface area contributed by atoms with Crippen molar-refractivity contribution >= 4 is 35.1 Å². The lowest BCUT2D eigenvalue weighted by Gasteiger charge is -2.14. The highest BCUT2D eigenvalue weighted by Crippen LogP contribution is 2.20. The van der Waals surface area contributed by atoms with Crippen molar-refractivity contribution in [3.8, 4) is 0 Å². The Hall–Kier alpha value is -3.46. The van der Waals surface area contributed by atoms with Crippen LogP contribution in [0.25, 0.3) is 5.65 Å². The highest BCUT2D eigenvalue weighted by molar-refractivity contribution is 6.31. The number of pyridine rings is 1. The van der Waals surface area contributed by atoms with Gasteiger partial charge in [0.25, 0.3) is 5.91 Å². The van der Waals surface area contributed by atoms with Crippen molar-refractivity contribution in [3.63, 3.8) is 0 Å². The lowest BCUT2D eigenvalue weighted by Crippen LogP contribution is -2.37. The van der Waals surface area contributed by atoms with E-state index in [2.05, 4.69) is 20.8 Å². The maximum atomic E-state index is 12.6. The Morgan fingerprint density at radius 3 is 2.77 bits per heavy atom. The van der Waals surface area contributed by atoms with Crippen LogP contribution in [0.15, 0.2) is 48.7 Å². The summed E-state index contributed by atoms with van der Waals surface area (Å²) in [5.41, 5.74) is 1.39. The smallest absolute Gasteiger partial charge is 0.325 e. The van der Waals surface area contributed by atoms with E-state index in [1.54, 1.807) is 24.3 Å². The molecule has 10 heteroatoms. The molecule has 0 aliphatic carbocycles. The first-order valence-electron chi connectivity index (χ1n) is 9.43. The van der Waals surface area contributed by atoms with E-state index >= 15 is 0 Å². The van der Waals surface area contributed by atoms with E-state index < -0.39 is 18.0 Å². The van der Waals surface area contributed by atoms with Crippen molar-refractivity contribution in [3.05, 3.63) is 65.1 Å². The van der Waals surface area contributed by atoms with Crippen molar-refractivity contribution < 1.29 is 14.4 Å². The van der Waals surface area contributed by atoms with Gasteiger partial charge >= 0.3 is 6.03 Å². The molecular formula is C20H19ClN6O3. The minimum absolute atomic E-state index is 0.0580. The number of nitrogens with zero attached hydrogens (tertiary/aromatic N) is 4. The number of imide groups is 1. The first-order chi connectivity index (χ1) is 14.5. The van der Waals surface area contributed by atoms with Crippen LogP contribution in [-0.2, 0) is 22.6 Å². The van der Waals surface area contributed by atoms with Gasteiger partial charge in [0.2, 0.25) is 5.91 Å². The zero-order valence-corrected chi connectivity index (χ0v) is 16.7. The third kappa shape index (κ3) is 4.11. The van der Waals surface area contributed by atoms with Gasteiger partial charge in [-0.3, -0.25) is 18.9 Å². The second-order valence-corrected chi connectivity index (χ2v) is 7.27. The van der Waals surface area contributed by atoms with Gasteiger partial charge in [-0.25, -0.2) is 4.79 Å². The normalized spacial score (nSPS) is 16.2. The molecule has 1 atom stereocenters. The van der Waals surface area contributed by atoms with Gasteiger partial charge in [-0.1, -0.05) is 35.9 Å². The Balaban J connectivity index is 1.29. The number of fused-ring (bicyclic) bond motifs is 1. The number of hydrogen-bond acceptors (Lipinski definition) is 5. The summed E-state index contributed by atoms with van der Waals surface area (Å²) in [6, 6.07) is 11.2. The molecule has 1 aliphatic heterocycles. The van der Waals surface area contributed by atoms with Crippen molar-refractivity contribution in [1.29, 1.82) is 0 Å². The second kappa shape index (κ2) is 8.50. The first kappa shape index (κ1) is 19.8. The van der Waals surface area contributed by atoms with Crippen LogP contribution >= 0.6 is 11.6 Å². The van der Waals surface area contributed by atoms with Crippen LogP contribution in [0.5, 0.6) is 0 Å². The molecule has 4 amide bonds. The number of carbonyl (C=O) groups is 3. The third-order valence-corrected chi connectivity index (χ3v) is 5.21. The summed E-state index contributed by atoms with van der Waals surface area (Å²) in [6.07, 6.45) is 2.21. The van der Waals surface area contributed by atoms with Gasteiger partial charge in [0.05, 0.1) is 13.0 Å². The number of benzene rings is 1. The zero-order valence-electron chi connectivity index (χ0n) is 15.9. The van der Waals surface area contributed by atoms with Gasteiger partial charge in [-0.15, -0.1) is 10.2 Å². The molecule has 1 aliphatic rings. The van der Waals surface area contributed by atoms with Crippen molar-refractivity contribution in [2.24, 2.45) is 0 Å². The molecule has 154 valence electrons. The van der Waals surface area contributed by atoms with Crippen molar-refractivity contribution in [1.82, 2.24) is 30.1 Å². The van der Waals surface area contributed by atoms with Gasteiger partial charge in [0.1, 0.15) is 11.9 Å². The molecule has 1 fully saturated rings. The summed E-state index contributed by atoms with van der Waals surface area (Å²) in [6.45, 7) is 0.398. The number of nitrogens with one attached hydrogen (secondary N) is 2. The average molecular weight is 427 g/mol. The Labute approximate surface area is 177 Å². The Bertz CT molecular complexity index is 1110. The zero-order chi connectivity index (χ0) is 21.1. The molecule has 3 heterocycles. The Morgan fingerprint density at radius 2 is 1.93 bits per heavy atom. The monoisotopic (exact) mass is 426 g/mol. The summed E-state index contributed by atoms with van der Waals surface area (Å²) in [5.74, 6) is -0.0531. The van der Waals surface area contributed by atoms with Crippen LogP contribution < -0.4 is 10.6 Å². The van der Waals surface area contributed by atoms with Gasteiger partial charge < -0.3 is 10.6 Å². The molecule has 1 unspecified atom stereocenters. The van der Waals surface area contributed by atoms with Crippen LogP contribution in [0, 0.1) is 0 Å². The van der Waals surface area contributed by atoms with Crippen LogP contribution in [0.2, 0.25) is 5.02 Å². The molecule has 0 radical (unpaired) electrons.